The number of benzene rings is 1. The van der Waals surface area contributed by atoms with Crippen molar-refractivity contribution >= 4 is 22.2 Å². The molecule has 1 aromatic heterocycles. The summed E-state index contributed by atoms with van der Waals surface area (Å²) in [5.74, 6) is -0.148. The number of hydrogen-bond donors (Lipinski definition) is 1. The number of thiophene rings is 1. The molecule has 1 saturated heterocycles. The highest BCUT2D eigenvalue weighted by Crippen LogP contribution is 2.28. The van der Waals surface area contributed by atoms with E-state index in [1.165, 1.54) is 11.6 Å². The summed E-state index contributed by atoms with van der Waals surface area (Å²) in [6.07, 6.45) is 0.977. The van der Waals surface area contributed by atoms with Crippen LogP contribution in [-0.2, 0) is 6.42 Å². The number of nitrogens with zero attached hydrogens (tertiary/aromatic N) is 2. The molecule has 0 radical (unpaired) electrons. The Labute approximate surface area is 144 Å². The van der Waals surface area contributed by atoms with Crippen LogP contribution in [0.25, 0.3) is 0 Å². The summed E-state index contributed by atoms with van der Waals surface area (Å²) in [7, 11) is 0. The fourth-order valence-electron chi connectivity index (χ4n) is 2.92. The predicted octanol–water partition coefficient (Wildman–Crippen LogP) is 3.01. The van der Waals surface area contributed by atoms with Crippen LogP contribution in [0.5, 0.6) is 0 Å². The zero-order chi connectivity index (χ0) is 17.1. The quantitative estimate of drug-likeness (QED) is 0.683. The molecule has 24 heavy (non-hydrogen) atoms. The minimum Gasteiger partial charge on any atom is -0.329 e. The van der Waals surface area contributed by atoms with E-state index < -0.39 is 4.92 Å². The second-order valence-electron chi connectivity index (χ2n) is 5.74. The molecule has 1 aliphatic rings. The zero-order valence-corrected chi connectivity index (χ0v) is 14.2. The molecule has 126 valence electrons. The second-order valence-corrected chi connectivity index (χ2v) is 6.63. The summed E-state index contributed by atoms with van der Waals surface area (Å²) in [5.41, 5.74) is 2.73. The van der Waals surface area contributed by atoms with Crippen LogP contribution in [0.3, 0.4) is 0 Å². The minimum absolute atomic E-state index is 0.00247. The normalized spacial score (nSPS) is 17.7. The summed E-state index contributed by atoms with van der Waals surface area (Å²) in [6, 6.07) is 9.60. The Morgan fingerprint density at radius 1 is 1.42 bits per heavy atom. The van der Waals surface area contributed by atoms with Gasteiger partial charge in [-0.1, -0.05) is 42.5 Å². The summed E-state index contributed by atoms with van der Waals surface area (Å²) >= 11 is 0.990. The fraction of sp³-hybridized carbons (Fsp3) is 0.353. The Morgan fingerprint density at radius 2 is 2.17 bits per heavy atom. The first kappa shape index (κ1) is 16.6. The lowest BCUT2D eigenvalue weighted by Gasteiger charge is -2.36. The van der Waals surface area contributed by atoms with Crippen LogP contribution in [0.15, 0.2) is 35.7 Å². The van der Waals surface area contributed by atoms with E-state index in [9.17, 15) is 14.9 Å². The average molecular weight is 345 g/mol. The molecule has 7 heteroatoms. The summed E-state index contributed by atoms with van der Waals surface area (Å²) in [5, 5.41) is 15.7. The van der Waals surface area contributed by atoms with Crippen molar-refractivity contribution in [1.82, 2.24) is 10.2 Å². The maximum atomic E-state index is 12.8. The number of hydrogen-bond acceptors (Lipinski definition) is 5. The van der Waals surface area contributed by atoms with Crippen LogP contribution in [0.1, 0.15) is 34.5 Å². The van der Waals surface area contributed by atoms with Gasteiger partial charge in [-0.25, -0.2) is 0 Å². The Morgan fingerprint density at radius 3 is 2.79 bits per heavy atom. The van der Waals surface area contributed by atoms with Crippen LogP contribution in [0, 0.1) is 10.1 Å². The van der Waals surface area contributed by atoms with Gasteiger partial charge in [0.2, 0.25) is 0 Å². The van der Waals surface area contributed by atoms with Gasteiger partial charge in [0.25, 0.3) is 5.91 Å². The summed E-state index contributed by atoms with van der Waals surface area (Å²) < 4.78 is 0. The Hall–Kier alpha value is -2.25. The van der Waals surface area contributed by atoms with E-state index in [0.717, 1.165) is 29.9 Å². The third-order valence-corrected chi connectivity index (χ3v) is 5.17. The maximum Gasteiger partial charge on any atom is 0.324 e. The predicted molar refractivity (Wildman–Crippen MR) is 93.4 cm³/mol. The topological polar surface area (TPSA) is 75.5 Å². The van der Waals surface area contributed by atoms with E-state index in [2.05, 4.69) is 36.5 Å². The molecule has 0 spiro atoms. The third kappa shape index (κ3) is 3.32. The number of aryl methyl sites for hydroxylation is 1. The molecule has 1 aromatic carbocycles. The van der Waals surface area contributed by atoms with Crippen LogP contribution in [-0.4, -0.2) is 35.4 Å². The molecule has 0 bridgehead atoms. The molecule has 0 saturated carbocycles. The highest BCUT2D eigenvalue weighted by atomic mass is 32.1. The van der Waals surface area contributed by atoms with E-state index in [0.29, 0.717) is 18.7 Å². The van der Waals surface area contributed by atoms with Gasteiger partial charge in [-0.2, -0.15) is 0 Å². The highest BCUT2D eigenvalue weighted by molar-refractivity contribution is 7.13. The van der Waals surface area contributed by atoms with Crippen molar-refractivity contribution in [3.8, 4) is 0 Å². The largest absolute Gasteiger partial charge is 0.329 e. The minimum atomic E-state index is -0.458. The molecule has 2 aromatic rings. The smallest absolute Gasteiger partial charge is 0.324 e. The summed E-state index contributed by atoms with van der Waals surface area (Å²) in [4.78, 5) is 25.0. The number of amides is 1. The number of carbonyl (C=O) groups is 1. The molecule has 1 atom stereocenters. The molecule has 1 unspecified atom stereocenters. The van der Waals surface area contributed by atoms with Crippen molar-refractivity contribution in [2.45, 2.75) is 19.4 Å². The lowest BCUT2D eigenvalue weighted by molar-refractivity contribution is -0.380. The molecule has 1 amide bonds. The van der Waals surface area contributed by atoms with Crippen molar-refractivity contribution in [1.29, 1.82) is 0 Å². The van der Waals surface area contributed by atoms with Gasteiger partial charge in [0.1, 0.15) is 0 Å². The van der Waals surface area contributed by atoms with Gasteiger partial charge < -0.3 is 10.2 Å². The lowest BCUT2D eigenvalue weighted by atomic mass is 10.0. The second kappa shape index (κ2) is 7.11. The number of carbonyl (C=O) groups excluding carboxylic acids is 1. The first-order valence-corrected chi connectivity index (χ1v) is 8.81. The van der Waals surface area contributed by atoms with Crippen LogP contribution < -0.4 is 5.32 Å². The molecule has 1 aliphatic heterocycles. The fourth-order valence-corrected chi connectivity index (χ4v) is 3.62. The van der Waals surface area contributed by atoms with Crippen molar-refractivity contribution in [2.24, 2.45) is 0 Å². The van der Waals surface area contributed by atoms with E-state index >= 15 is 0 Å². The van der Waals surface area contributed by atoms with Crippen molar-refractivity contribution < 1.29 is 9.72 Å². The molecule has 1 fully saturated rings. The van der Waals surface area contributed by atoms with Crippen LogP contribution in [0.4, 0.5) is 5.00 Å². The van der Waals surface area contributed by atoms with Crippen molar-refractivity contribution in [3.63, 3.8) is 0 Å². The molecule has 0 aliphatic carbocycles. The van der Waals surface area contributed by atoms with Gasteiger partial charge >= 0.3 is 5.00 Å². The van der Waals surface area contributed by atoms with Crippen LogP contribution >= 0.6 is 11.3 Å². The van der Waals surface area contributed by atoms with Gasteiger partial charge in [-0.15, -0.1) is 0 Å². The molecular formula is C17H19N3O3S. The average Bonchev–Trinajstić information content (AvgIpc) is 3.12. The lowest BCUT2D eigenvalue weighted by Crippen LogP contribution is -2.48. The molecular weight excluding hydrogens is 326 g/mol. The Kier molecular flexibility index (Phi) is 4.92. The van der Waals surface area contributed by atoms with E-state index in [1.807, 2.05) is 4.90 Å². The number of nitro groups is 1. The Bertz CT molecular complexity index is 742. The van der Waals surface area contributed by atoms with Gasteiger partial charge in [-0.3, -0.25) is 14.9 Å². The number of nitrogens with one attached hydrogen (secondary N) is 1. The van der Waals surface area contributed by atoms with E-state index in [1.54, 1.807) is 5.38 Å². The SMILES string of the molecule is CCc1ccc(C2CNCCN2C(=O)c2csc([N+](=O)[O-])c2)cc1. The highest BCUT2D eigenvalue weighted by Gasteiger charge is 2.29. The standard InChI is InChI=1S/C17H19N3O3S/c1-2-12-3-5-13(6-4-12)15-10-18-7-8-19(15)17(21)14-9-16(20(22)23)24-11-14/h3-6,9,11,15,18H,2,7-8,10H2,1H3. The van der Waals surface area contributed by atoms with E-state index in [-0.39, 0.29) is 17.0 Å². The first-order chi connectivity index (χ1) is 11.6. The molecule has 6 nitrogen and oxygen atoms in total. The number of piperazine rings is 1. The molecule has 3 rings (SSSR count). The van der Waals surface area contributed by atoms with Crippen LogP contribution in [0.2, 0.25) is 0 Å². The number of rotatable bonds is 4. The first-order valence-electron chi connectivity index (χ1n) is 7.93. The molecule has 2 heterocycles. The van der Waals surface area contributed by atoms with Gasteiger partial charge in [-0.05, 0) is 17.5 Å². The van der Waals surface area contributed by atoms with Gasteiger partial charge in [0.15, 0.2) is 0 Å². The van der Waals surface area contributed by atoms with Gasteiger partial charge in [0.05, 0.1) is 16.5 Å². The van der Waals surface area contributed by atoms with E-state index in [4.69, 9.17) is 0 Å². The monoisotopic (exact) mass is 345 g/mol. The van der Waals surface area contributed by atoms with Crippen molar-refractivity contribution in [2.75, 3.05) is 19.6 Å². The van der Waals surface area contributed by atoms with Gasteiger partial charge in [0, 0.05) is 31.1 Å². The molecule has 1 N–H and O–H groups in total. The summed E-state index contributed by atoms with van der Waals surface area (Å²) in [6.45, 7) is 4.10. The Balaban J connectivity index is 1.85. The maximum absolute atomic E-state index is 12.8. The zero-order valence-electron chi connectivity index (χ0n) is 13.4. The third-order valence-electron chi connectivity index (χ3n) is 4.29. The van der Waals surface area contributed by atoms with Crippen molar-refractivity contribution in [3.05, 3.63) is 62.5 Å².